The second-order valence-corrected chi connectivity index (χ2v) is 6.33. The average molecular weight is 353 g/mol. The van der Waals surface area contributed by atoms with E-state index in [1.807, 2.05) is 20.8 Å². The minimum atomic E-state index is -0.338. The van der Waals surface area contributed by atoms with E-state index in [-0.39, 0.29) is 17.0 Å². The second-order valence-electron chi connectivity index (χ2n) is 5.48. The third kappa shape index (κ3) is 3.44. The lowest BCUT2D eigenvalue weighted by Gasteiger charge is -2.22. The summed E-state index contributed by atoms with van der Waals surface area (Å²) in [5, 5.41) is 0. The van der Waals surface area contributed by atoms with Crippen molar-refractivity contribution < 1.29 is 9.47 Å². The van der Waals surface area contributed by atoms with Crippen molar-refractivity contribution in [2.24, 2.45) is 0 Å². The van der Waals surface area contributed by atoms with Crippen LogP contribution in [0, 0.1) is 0 Å². The summed E-state index contributed by atoms with van der Waals surface area (Å²) in [6.45, 7) is 5.84. The standard InChI is InChI=1S/C15H17BrN2O3/c1-15(2,3)18-8-7-17-13(14(18)19)21-12-6-5-10(20-4)9-11(12)16/h5-9H,1-4H3. The van der Waals surface area contributed by atoms with E-state index in [1.54, 1.807) is 42.3 Å². The number of halogens is 1. The molecule has 0 aliphatic heterocycles. The Labute approximate surface area is 131 Å². The van der Waals surface area contributed by atoms with E-state index in [0.29, 0.717) is 16.0 Å². The molecule has 0 aliphatic rings. The highest BCUT2D eigenvalue weighted by Gasteiger charge is 2.18. The summed E-state index contributed by atoms with van der Waals surface area (Å²) in [6, 6.07) is 5.24. The van der Waals surface area contributed by atoms with Crippen LogP contribution in [0.2, 0.25) is 0 Å². The Morgan fingerprint density at radius 2 is 2.00 bits per heavy atom. The smallest absolute Gasteiger partial charge is 0.314 e. The van der Waals surface area contributed by atoms with Gasteiger partial charge in [-0.05, 0) is 54.9 Å². The van der Waals surface area contributed by atoms with E-state index < -0.39 is 0 Å². The topological polar surface area (TPSA) is 53.4 Å². The van der Waals surface area contributed by atoms with Crippen LogP contribution in [0.5, 0.6) is 17.4 Å². The van der Waals surface area contributed by atoms with Crippen molar-refractivity contribution in [2.75, 3.05) is 7.11 Å². The normalized spacial score (nSPS) is 11.3. The number of benzene rings is 1. The molecule has 1 aromatic heterocycles. The Kier molecular flexibility index (Phi) is 4.37. The maximum absolute atomic E-state index is 12.4. The van der Waals surface area contributed by atoms with Gasteiger partial charge in [-0.25, -0.2) is 4.98 Å². The van der Waals surface area contributed by atoms with Gasteiger partial charge >= 0.3 is 5.56 Å². The molecule has 0 saturated carbocycles. The minimum Gasteiger partial charge on any atom is -0.497 e. The monoisotopic (exact) mass is 352 g/mol. The van der Waals surface area contributed by atoms with Crippen LogP contribution in [0.15, 0.2) is 39.9 Å². The fraction of sp³-hybridized carbons (Fsp3) is 0.333. The summed E-state index contributed by atoms with van der Waals surface area (Å²) >= 11 is 3.39. The van der Waals surface area contributed by atoms with Gasteiger partial charge in [-0.1, -0.05) is 0 Å². The molecule has 2 aromatic rings. The quantitative estimate of drug-likeness (QED) is 0.847. The molecule has 0 atom stereocenters. The molecule has 21 heavy (non-hydrogen) atoms. The first kappa shape index (κ1) is 15.6. The van der Waals surface area contributed by atoms with Crippen LogP contribution in [0.25, 0.3) is 0 Å². The highest BCUT2D eigenvalue weighted by atomic mass is 79.9. The zero-order chi connectivity index (χ0) is 15.6. The van der Waals surface area contributed by atoms with E-state index >= 15 is 0 Å². The van der Waals surface area contributed by atoms with Crippen molar-refractivity contribution in [2.45, 2.75) is 26.3 Å². The largest absolute Gasteiger partial charge is 0.497 e. The molecule has 0 spiro atoms. The van der Waals surface area contributed by atoms with Crippen LogP contribution < -0.4 is 15.0 Å². The van der Waals surface area contributed by atoms with Crippen molar-refractivity contribution in [1.29, 1.82) is 0 Å². The molecule has 0 amide bonds. The maximum atomic E-state index is 12.4. The Hall–Kier alpha value is -1.82. The van der Waals surface area contributed by atoms with Gasteiger partial charge in [0.15, 0.2) is 0 Å². The zero-order valence-corrected chi connectivity index (χ0v) is 14.0. The van der Waals surface area contributed by atoms with Gasteiger partial charge < -0.3 is 14.0 Å². The molecular weight excluding hydrogens is 336 g/mol. The molecule has 2 rings (SSSR count). The number of aromatic nitrogens is 2. The number of rotatable bonds is 3. The molecule has 6 heteroatoms. The van der Waals surface area contributed by atoms with Gasteiger partial charge in [0.1, 0.15) is 11.5 Å². The van der Waals surface area contributed by atoms with Gasteiger partial charge in [0.05, 0.1) is 11.6 Å². The Bertz CT molecular complexity index is 705. The summed E-state index contributed by atoms with van der Waals surface area (Å²) in [5.74, 6) is 1.24. The third-order valence-corrected chi connectivity index (χ3v) is 3.50. The van der Waals surface area contributed by atoms with Crippen LogP contribution in [0.4, 0.5) is 0 Å². The zero-order valence-electron chi connectivity index (χ0n) is 12.4. The maximum Gasteiger partial charge on any atom is 0.314 e. The number of hydrogen-bond donors (Lipinski definition) is 0. The highest BCUT2D eigenvalue weighted by Crippen LogP contribution is 2.31. The molecule has 0 fully saturated rings. The third-order valence-electron chi connectivity index (χ3n) is 2.88. The van der Waals surface area contributed by atoms with Gasteiger partial charge in [0.2, 0.25) is 0 Å². The van der Waals surface area contributed by atoms with E-state index in [2.05, 4.69) is 20.9 Å². The summed E-state index contributed by atoms with van der Waals surface area (Å²) < 4.78 is 13.0. The van der Waals surface area contributed by atoms with Gasteiger partial charge in [0, 0.05) is 17.9 Å². The molecule has 0 aliphatic carbocycles. The SMILES string of the molecule is COc1ccc(Oc2nccn(C(C)(C)C)c2=O)c(Br)c1. The number of hydrogen-bond acceptors (Lipinski definition) is 4. The lowest BCUT2D eigenvalue weighted by atomic mass is 10.1. The Balaban J connectivity index is 2.39. The fourth-order valence-corrected chi connectivity index (χ4v) is 2.23. The molecule has 1 aromatic carbocycles. The van der Waals surface area contributed by atoms with E-state index in [9.17, 15) is 4.79 Å². The molecule has 0 saturated heterocycles. The number of ether oxygens (including phenoxy) is 2. The van der Waals surface area contributed by atoms with Crippen LogP contribution in [0.3, 0.4) is 0 Å². The van der Waals surface area contributed by atoms with Crippen molar-refractivity contribution in [3.63, 3.8) is 0 Å². The number of methoxy groups -OCH3 is 1. The molecule has 0 unspecified atom stereocenters. The minimum absolute atomic E-state index is 0.0401. The van der Waals surface area contributed by atoms with Crippen LogP contribution in [-0.2, 0) is 5.54 Å². The van der Waals surface area contributed by atoms with Gasteiger partial charge in [0.25, 0.3) is 5.88 Å². The molecule has 0 radical (unpaired) electrons. The van der Waals surface area contributed by atoms with Crippen molar-refractivity contribution >= 4 is 15.9 Å². The summed E-state index contributed by atoms with van der Waals surface area (Å²) in [7, 11) is 1.59. The first-order chi connectivity index (χ1) is 9.82. The summed E-state index contributed by atoms with van der Waals surface area (Å²) in [6.07, 6.45) is 3.21. The van der Waals surface area contributed by atoms with Crippen molar-refractivity contribution in [3.05, 3.63) is 45.4 Å². The molecule has 0 N–H and O–H groups in total. The molecule has 1 heterocycles. The Morgan fingerprint density at radius 1 is 1.29 bits per heavy atom. The fourth-order valence-electron chi connectivity index (χ4n) is 1.79. The second kappa shape index (κ2) is 5.89. The first-order valence-electron chi connectivity index (χ1n) is 6.42. The van der Waals surface area contributed by atoms with Crippen LogP contribution >= 0.6 is 15.9 Å². The highest BCUT2D eigenvalue weighted by molar-refractivity contribution is 9.10. The van der Waals surface area contributed by atoms with Crippen LogP contribution in [-0.4, -0.2) is 16.7 Å². The molecular formula is C15H17BrN2O3. The Morgan fingerprint density at radius 3 is 2.57 bits per heavy atom. The van der Waals surface area contributed by atoms with Crippen molar-refractivity contribution in [1.82, 2.24) is 9.55 Å². The molecule has 5 nitrogen and oxygen atoms in total. The summed E-state index contributed by atoms with van der Waals surface area (Å²) in [5.41, 5.74) is -0.609. The van der Waals surface area contributed by atoms with Crippen molar-refractivity contribution in [3.8, 4) is 17.4 Å². The van der Waals surface area contributed by atoms with Gasteiger partial charge in [-0.15, -0.1) is 0 Å². The summed E-state index contributed by atoms with van der Waals surface area (Å²) in [4.78, 5) is 16.4. The molecule has 0 bridgehead atoms. The molecule has 112 valence electrons. The van der Waals surface area contributed by atoms with E-state index in [0.717, 1.165) is 0 Å². The first-order valence-corrected chi connectivity index (χ1v) is 7.22. The lowest BCUT2D eigenvalue weighted by molar-refractivity contribution is 0.362. The number of nitrogens with zero attached hydrogens (tertiary/aromatic N) is 2. The van der Waals surface area contributed by atoms with E-state index in [1.165, 1.54) is 0 Å². The predicted octanol–water partition coefficient (Wildman–Crippen LogP) is 3.56. The van der Waals surface area contributed by atoms with Crippen LogP contribution in [0.1, 0.15) is 20.8 Å². The van der Waals surface area contributed by atoms with E-state index in [4.69, 9.17) is 9.47 Å². The average Bonchev–Trinajstić information content (AvgIpc) is 2.41. The predicted molar refractivity (Wildman–Crippen MR) is 84.3 cm³/mol. The van der Waals surface area contributed by atoms with Gasteiger partial charge in [-0.3, -0.25) is 4.79 Å². The lowest BCUT2D eigenvalue weighted by Crippen LogP contribution is -2.34. The van der Waals surface area contributed by atoms with Gasteiger partial charge in [-0.2, -0.15) is 0 Å².